The van der Waals surface area contributed by atoms with Crippen molar-refractivity contribution in [2.45, 2.75) is 26.7 Å². The fraction of sp³-hybridized carbons (Fsp3) is 0.750. The first kappa shape index (κ1) is 5.87. The topological polar surface area (TPSA) is 0 Å². The van der Waals surface area contributed by atoms with Gasteiger partial charge in [0, 0.05) is 0 Å². The molecule has 0 heterocycles. The van der Waals surface area contributed by atoms with E-state index in [9.17, 15) is 0 Å². The highest BCUT2D eigenvalue weighted by molar-refractivity contribution is 4.93. The summed E-state index contributed by atoms with van der Waals surface area (Å²) in [5.74, 6) is 1.88. The lowest BCUT2D eigenvalue weighted by molar-refractivity contribution is 0.251. The molecular weight excluding hydrogens is 96.1 g/mol. The predicted molar refractivity (Wildman–Crippen MR) is 36.7 cm³/mol. The summed E-state index contributed by atoms with van der Waals surface area (Å²) < 4.78 is 0. The van der Waals surface area contributed by atoms with Crippen LogP contribution in [0, 0.1) is 11.8 Å². The Hall–Kier alpha value is -0.260. The molecule has 0 amide bonds. The Labute approximate surface area is 51.6 Å². The Kier molecular flexibility index (Phi) is 1.72. The Balaban J connectivity index is 2.27. The van der Waals surface area contributed by atoms with Crippen LogP contribution in [0.5, 0.6) is 0 Å². The minimum absolute atomic E-state index is 0.917. The van der Waals surface area contributed by atoms with E-state index in [1.165, 1.54) is 12.8 Å². The monoisotopic (exact) mass is 110 g/mol. The molecule has 0 bridgehead atoms. The van der Waals surface area contributed by atoms with Gasteiger partial charge in [-0.3, -0.25) is 0 Å². The summed E-state index contributed by atoms with van der Waals surface area (Å²) >= 11 is 0. The molecule has 0 saturated heterocycles. The molecule has 1 aliphatic rings. The zero-order chi connectivity index (χ0) is 5.98. The van der Waals surface area contributed by atoms with Gasteiger partial charge in [0.15, 0.2) is 0 Å². The van der Waals surface area contributed by atoms with E-state index in [2.05, 4.69) is 26.0 Å². The van der Waals surface area contributed by atoms with Crippen LogP contribution in [0.2, 0.25) is 0 Å². The molecule has 1 saturated carbocycles. The standard InChI is InChI=1S/C8H14/c1-3-4-8-6-5-7(8)2/h3-4,7-8H,5-6H2,1-2H3/b4-3+/t7-,8-/m1/s1. The summed E-state index contributed by atoms with van der Waals surface area (Å²) in [7, 11) is 0. The Morgan fingerprint density at radius 1 is 1.38 bits per heavy atom. The zero-order valence-corrected chi connectivity index (χ0v) is 5.72. The average Bonchev–Trinajstić information content (AvgIpc) is 1.79. The molecule has 46 valence electrons. The van der Waals surface area contributed by atoms with E-state index in [-0.39, 0.29) is 0 Å². The summed E-state index contributed by atoms with van der Waals surface area (Å²) in [6.07, 6.45) is 7.36. The van der Waals surface area contributed by atoms with Crippen molar-refractivity contribution in [3.8, 4) is 0 Å². The molecule has 0 aliphatic heterocycles. The molecule has 1 fully saturated rings. The van der Waals surface area contributed by atoms with Gasteiger partial charge in [-0.1, -0.05) is 19.1 Å². The van der Waals surface area contributed by atoms with E-state index in [1.807, 2.05) is 0 Å². The van der Waals surface area contributed by atoms with Crippen LogP contribution in [0.25, 0.3) is 0 Å². The SMILES string of the molecule is C/C=C/[C@@H]1CC[C@H]1C. The van der Waals surface area contributed by atoms with Crippen molar-refractivity contribution in [3.05, 3.63) is 12.2 Å². The molecular formula is C8H14. The predicted octanol–water partition coefficient (Wildman–Crippen LogP) is 2.61. The lowest BCUT2D eigenvalue weighted by Crippen LogP contribution is -2.20. The van der Waals surface area contributed by atoms with Crippen LogP contribution in [0.15, 0.2) is 12.2 Å². The lowest BCUT2D eigenvalue weighted by atomic mass is 9.75. The lowest BCUT2D eigenvalue weighted by Gasteiger charge is -2.30. The van der Waals surface area contributed by atoms with E-state index in [1.54, 1.807) is 0 Å². The van der Waals surface area contributed by atoms with Crippen LogP contribution in [0.1, 0.15) is 26.7 Å². The number of rotatable bonds is 1. The van der Waals surface area contributed by atoms with Crippen molar-refractivity contribution in [3.63, 3.8) is 0 Å². The van der Waals surface area contributed by atoms with E-state index < -0.39 is 0 Å². The maximum atomic E-state index is 2.33. The summed E-state index contributed by atoms with van der Waals surface area (Å²) in [6.45, 7) is 4.43. The molecule has 0 spiro atoms. The number of hydrogen-bond donors (Lipinski definition) is 0. The second-order valence-corrected chi connectivity index (χ2v) is 2.74. The maximum absolute atomic E-state index is 2.33. The summed E-state index contributed by atoms with van der Waals surface area (Å²) in [4.78, 5) is 0. The van der Waals surface area contributed by atoms with Gasteiger partial charge >= 0.3 is 0 Å². The minimum Gasteiger partial charge on any atom is -0.0914 e. The van der Waals surface area contributed by atoms with Gasteiger partial charge in [-0.15, -0.1) is 0 Å². The first-order valence-corrected chi connectivity index (χ1v) is 3.47. The average molecular weight is 110 g/mol. The van der Waals surface area contributed by atoms with Gasteiger partial charge in [0.25, 0.3) is 0 Å². The van der Waals surface area contributed by atoms with Crippen LogP contribution in [0.4, 0.5) is 0 Å². The van der Waals surface area contributed by atoms with Gasteiger partial charge in [0.05, 0.1) is 0 Å². The first-order chi connectivity index (χ1) is 3.84. The number of hydrogen-bond acceptors (Lipinski definition) is 0. The third-order valence-electron chi connectivity index (χ3n) is 2.13. The molecule has 0 aromatic heterocycles. The van der Waals surface area contributed by atoms with Gasteiger partial charge in [-0.05, 0) is 31.6 Å². The molecule has 1 aliphatic carbocycles. The van der Waals surface area contributed by atoms with Crippen LogP contribution >= 0.6 is 0 Å². The second kappa shape index (κ2) is 2.34. The van der Waals surface area contributed by atoms with Gasteiger partial charge < -0.3 is 0 Å². The van der Waals surface area contributed by atoms with Crippen molar-refractivity contribution in [1.29, 1.82) is 0 Å². The molecule has 0 aromatic rings. The fourth-order valence-corrected chi connectivity index (χ4v) is 1.23. The summed E-state index contributed by atoms with van der Waals surface area (Å²) in [5.41, 5.74) is 0. The Morgan fingerprint density at radius 3 is 2.25 bits per heavy atom. The van der Waals surface area contributed by atoms with E-state index >= 15 is 0 Å². The molecule has 1 rings (SSSR count). The van der Waals surface area contributed by atoms with Gasteiger partial charge in [0.2, 0.25) is 0 Å². The zero-order valence-electron chi connectivity index (χ0n) is 5.72. The summed E-state index contributed by atoms with van der Waals surface area (Å²) in [5, 5.41) is 0. The molecule has 0 radical (unpaired) electrons. The van der Waals surface area contributed by atoms with Gasteiger partial charge in [0.1, 0.15) is 0 Å². The molecule has 2 atom stereocenters. The highest BCUT2D eigenvalue weighted by Gasteiger charge is 2.23. The smallest absolute Gasteiger partial charge is 0.0208 e. The summed E-state index contributed by atoms with van der Waals surface area (Å²) in [6, 6.07) is 0. The molecule has 0 nitrogen and oxygen atoms in total. The largest absolute Gasteiger partial charge is 0.0914 e. The molecule has 0 heteroatoms. The quantitative estimate of drug-likeness (QED) is 0.455. The van der Waals surface area contributed by atoms with Crippen molar-refractivity contribution < 1.29 is 0 Å². The molecule has 0 N–H and O–H groups in total. The van der Waals surface area contributed by atoms with Crippen molar-refractivity contribution >= 4 is 0 Å². The van der Waals surface area contributed by atoms with Crippen molar-refractivity contribution in [2.75, 3.05) is 0 Å². The fourth-order valence-electron chi connectivity index (χ4n) is 1.23. The highest BCUT2D eigenvalue weighted by Crippen LogP contribution is 2.34. The van der Waals surface area contributed by atoms with E-state index in [4.69, 9.17) is 0 Å². The Morgan fingerprint density at radius 2 is 2.12 bits per heavy atom. The maximum Gasteiger partial charge on any atom is -0.0208 e. The van der Waals surface area contributed by atoms with Crippen LogP contribution in [-0.4, -0.2) is 0 Å². The third kappa shape index (κ3) is 0.936. The van der Waals surface area contributed by atoms with E-state index in [0.717, 1.165) is 11.8 Å². The van der Waals surface area contributed by atoms with Crippen LogP contribution in [0.3, 0.4) is 0 Å². The van der Waals surface area contributed by atoms with E-state index in [0.29, 0.717) is 0 Å². The first-order valence-electron chi connectivity index (χ1n) is 3.47. The normalized spacial score (nSPS) is 37.8. The molecule has 0 unspecified atom stereocenters. The molecule has 0 aromatic carbocycles. The Bertz CT molecular complexity index is 92.2. The third-order valence-corrected chi connectivity index (χ3v) is 2.13. The van der Waals surface area contributed by atoms with Crippen molar-refractivity contribution in [1.82, 2.24) is 0 Å². The van der Waals surface area contributed by atoms with Crippen LogP contribution < -0.4 is 0 Å². The van der Waals surface area contributed by atoms with Crippen LogP contribution in [-0.2, 0) is 0 Å². The minimum atomic E-state index is 0.917. The highest BCUT2D eigenvalue weighted by atomic mass is 14.3. The second-order valence-electron chi connectivity index (χ2n) is 2.74. The molecule has 8 heavy (non-hydrogen) atoms. The van der Waals surface area contributed by atoms with Gasteiger partial charge in [-0.2, -0.15) is 0 Å². The number of allylic oxidation sites excluding steroid dienone is 2. The van der Waals surface area contributed by atoms with Crippen molar-refractivity contribution in [2.24, 2.45) is 11.8 Å². The van der Waals surface area contributed by atoms with Gasteiger partial charge in [-0.25, -0.2) is 0 Å².